The second kappa shape index (κ2) is 14.1. The second-order valence-corrected chi connectivity index (χ2v) is 7.45. The molecule has 0 bridgehead atoms. The van der Waals surface area contributed by atoms with E-state index in [1.54, 1.807) is 37.2 Å². The van der Waals surface area contributed by atoms with Gasteiger partial charge < -0.3 is 15.0 Å². The molecule has 7 heteroatoms. The van der Waals surface area contributed by atoms with Gasteiger partial charge in [-0.2, -0.15) is 13.5 Å². The van der Waals surface area contributed by atoms with Crippen LogP contribution in [0.5, 0.6) is 0 Å². The molecule has 2 aromatic carbocycles. The quantitative estimate of drug-likeness (QED) is 0.438. The third kappa shape index (κ3) is 8.98. The molecule has 1 atom stereocenters. The number of carbonyl (C=O) groups excluding carboxylic acids is 3. The molecule has 0 heterocycles. The van der Waals surface area contributed by atoms with Crippen molar-refractivity contribution in [2.45, 2.75) is 31.7 Å². The Labute approximate surface area is 197 Å². The van der Waals surface area contributed by atoms with Gasteiger partial charge in [-0.1, -0.05) is 54.6 Å². The fraction of sp³-hybridized carbons (Fsp3) is 0.320. The Morgan fingerprint density at radius 1 is 1.06 bits per heavy atom. The van der Waals surface area contributed by atoms with Gasteiger partial charge in [0.2, 0.25) is 5.91 Å². The van der Waals surface area contributed by atoms with Gasteiger partial charge >= 0.3 is 5.97 Å². The zero-order valence-corrected chi connectivity index (χ0v) is 19.8. The molecule has 2 amide bonds. The maximum Gasteiger partial charge on any atom is 0.328 e. The lowest BCUT2D eigenvalue weighted by molar-refractivity contribution is -0.142. The van der Waals surface area contributed by atoms with Crippen LogP contribution in [0.3, 0.4) is 0 Å². The van der Waals surface area contributed by atoms with Crippen molar-refractivity contribution < 1.29 is 19.1 Å². The molecular formula is C25H32N2O4S. The highest BCUT2D eigenvalue weighted by atomic mass is 32.1. The van der Waals surface area contributed by atoms with E-state index in [0.717, 1.165) is 24.0 Å². The zero-order chi connectivity index (χ0) is 22.6. The Balaban J connectivity index is 0.00000512. The molecule has 32 heavy (non-hydrogen) atoms. The molecule has 0 saturated carbocycles. The standard InChI is InChI=1S/C25H30N2O4.H2S/c1-27(2)23(28)16-9-5-8-11-19-14-10-15-21(17-19)24(29)26-22(25(30)31-3)18-20-12-6-4-7-13-20;/h4,6-8,10-15,17,22H,5,9,16,18H2,1-3H3,(H,26,29);1H2/b11-8-;/t22-;/m0./s1. The number of nitrogens with zero attached hydrogens (tertiary/aromatic N) is 1. The van der Waals surface area contributed by atoms with Crippen molar-refractivity contribution in [1.29, 1.82) is 0 Å². The van der Waals surface area contributed by atoms with E-state index < -0.39 is 12.0 Å². The molecule has 0 spiro atoms. The van der Waals surface area contributed by atoms with Crippen molar-refractivity contribution in [2.75, 3.05) is 21.2 Å². The number of unbranched alkanes of at least 4 members (excludes halogenated alkanes) is 1. The maximum absolute atomic E-state index is 12.7. The van der Waals surface area contributed by atoms with Gasteiger partial charge in [0.05, 0.1) is 7.11 Å². The van der Waals surface area contributed by atoms with Crippen molar-refractivity contribution in [3.63, 3.8) is 0 Å². The predicted molar refractivity (Wildman–Crippen MR) is 132 cm³/mol. The minimum Gasteiger partial charge on any atom is -0.467 e. The van der Waals surface area contributed by atoms with Crippen LogP contribution >= 0.6 is 13.5 Å². The topological polar surface area (TPSA) is 75.7 Å². The zero-order valence-electron chi connectivity index (χ0n) is 18.8. The van der Waals surface area contributed by atoms with E-state index in [9.17, 15) is 14.4 Å². The third-order valence-corrected chi connectivity index (χ3v) is 4.79. The molecule has 1 N–H and O–H groups in total. The molecule has 0 saturated heterocycles. The van der Waals surface area contributed by atoms with Gasteiger partial charge in [-0.25, -0.2) is 4.79 Å². The summed E-state index contributed by atoms with van der Waals surface area (Å²) in [6, 6.07) is 15.9. The number of ether oxygens (including phenoxy) is 1. The van der Waals surface area contributed by atoms with Gasteiger partial charge in [0.25, 0.3) is 5.91 Å². The van der Waals surface area contributed by atoms with E-state index in [-0.39, 0.29) is 25.3 Å². The van der Waals surface area contributed by atoms with E-state index in [2.05, 4.69) is 5.32 Å². The average Bonchev–Trinajstić information content (AvgIpc) is 2.78. The maximum atomic E-state index is 12.7. The average molecular weight is 457 g/mol. The SMILES string of the molecule is COC(=O)[C@H](Cc1ccccc1)NC(=O)c1cccc(/C=C\CCCC(=O)N(C)C)c1.S. The number of hydrogen-bond donors (Lipinski definition) is 1. The van der Waals surface area contributed by atoms with Crippen LogP contribution in [0.4, 0.5) is 0 Å². The Bertz CT molecular complexity index is 913. The summed E-state index contributed by atoms with van der Waals surface area (Å²) in [6.45, 7) is 0. The van der Waals surface area contributed by atoms with Crippen molar-refractivity contribution in [3.05, 3.63) is 77.4 Å². The summed E-state index contributed by atoms with van der Waals surface area (Å²) in [6.07, 6.45) is 6.33. The highest BCUT2D eigenvalue weighted by Crippen LogP contribution is 2.11. The van der Waals surface area contributed by atoms with Crippen LogP contribution in [-0.2, 0) is 20.7 Å². The van der Waals surface area contributed by atoms with Crippen molar-refractivity contribution in [2.24, 2.45) is 0 Å². The van der Waals surface area contributed by atoms with Gasteiger partial charge in [-0.05, 0) is 36.1 Å². The summed E-state index contributed by atoms with van der Waals surface area (Å²) in [7, 11) is 4.81. The largest absolute Gasteiger partial charge is 0.467 e. The molecular weight excluding hydrogens is 424 g/mol. The van der Waals surface area contributed by atoms with Gasteiger partial charge in [0.1, 0.15) is 6.04 Å². The Kier molecular flexibility index (Phi) is 11.9. The molecule has 0 fully saturated rings. The van der Waals surface area contributed by atoms with Crippen molar-refractivity contribution in [3.8, 4) is 0 Å². The first-order valence-corrected chi connectivity index (χ1v) is 10.3. The molecule has 2 rings (SSSR count). The fourth-order valence-corrected chi connectivity index (χ4v) is 3.02. The van der Waals surface area contributed by atoms with Gasteiger partial charge in [0.15, 0.2) is 0 Å². The Morgan fingerprint density at radius 2 is 1.78 bits per heavy atom. The van der Waals surface area contributed by atoms with Crippen LogP contribution in [0.15, 0.2) is 60.7 Å². The summed E-state index contributed by atoms with van der Waals surface area (Å²) in [5.74, 6) is -0.707. The lowest BCUT2D eigenvalue weighted by Crippen LogP contribution is -2.43. The number of hydrogen-bond acceptors (Lipinski definition) is 4. The number of nitrogens with one attached hydrogen (secondary N) is 1. The van der Waals surface area contributed by atoms with E-state index in [4.69, 9.17) is 4.74 Å². The molecule has 6 nitrogen and oxygen atoms in total. The van der Waals surface area contributed by atoms with Crippen LogP contribution in [0, 0.1) is 0 Å². The fourth-order valence-electron chi connectivity index (χ4n) is 3.02. The van der Waals surface area contributed by atoms with Gasteiger partial charge in [-0.3, -0.25) is 9.59 Å². The minimum absolute atomic E-state index is 0. The Morgan fingerprint density at radius 3 is 2.44 bits per heavy atom. The van der Waals surface area contributed by atoms with E-state index in [0.29, 0.717) is 18.4 Å². The number of methoxy groups -OCH3 is 1. The number of benzene rings is 2. The summed E-state index contributed by atoms with van der Waals surface area (Å²) < 4.78 is 4.86. The van der Waals surface area contributed by atoms with E-state index in [1.165, 1.54) is 7.11 Å². The predicted octanol–water partition coefficient (Wildman–Crippen LogP) is 3.59. The molecule has 0 aliphatic carbocycles. The number of rotatable bonds is 10. The van der Waals surface area contributed by atoms with Crippen molar-refractivity contribution in [1.82, 2.24) is 10.2 Å². The number of esters is 1. The van der Waals surface area contributed by atoms with Crippen LogP contribution < -0.4 is 5.32 Å². The van der Waals surface area contributed by atoms with E-state index >= 15 is 0 Å². The van der Waals surface area contributed by atoms with Crippen LogP contribution in [0.25, 0.3) is 6.08 Å². The van der Waals surface area contributed by atoms with Crippen LogP contribution in [0.2, 0.25) is 0 Å². The number of carbonyl (C=O) groups is 3. The Hall–Kier alpha value is -3.06. The summed E-state index contributed by atoms with van der Waals surface area (Å²) in [5.41, 5.74) is 2.28. The first-order chi connectivity index (χ1) is 14.9. The monoisotopic (exact) mass is 456 g/mol. The number of amides is 2. The molecule has 0 aliphatic rings. The van der Waals surface area contributed by atoms with Crippen LogP contribution in [-0.4, -0.2) is 49.9 Å². The summed E-state index contributed by atoms with van der Waals surface area (Å²) in [5, 5.41) is 2.78. The lowest BCUT2D eigenvalue weighted by atomic mass is 10.0. The highest BCUT2D eigenvalue weighted by molar-refractivity contribution is 7.59. The summed E-state index contributed by atoms with van der Waals surface area (Å²) in [4.78, 5) is 38.1. The lowest BCUT2D eigenvalue weighted by Gasteiger charge is -2.17. The summed E-state index contributed by atoms with van der Waals surface area (Å²) >= 11 is 0. The van der Waals surface area contributed by atoms with Crippen LogP contribution in [0.1, 0.15) is 40.7 Å². The van der Waals surface area contributed by atoms with Gasteiger partial charge in [0, 0.05) is 32.5 Å². The van der Waals surface area contributed by atoms with E-state index in [1.807, 2.05) is 48.6 Å². The van der Waals surface area contributed by atoms with Crippen molar-refractivity contribution >= 4 is 37.4 Å². The van der Waals surface area contributed by atoms with Gasteiger partial charge in [-0.15, -0.1) is 0 Å². The number of allylic oxidation sites excluding steroid dienone is 1. The third-order valence-electron chi connectivity index (χ3n) is 4.79. The molecule has 0 aromatic heterocycles. The molecule has 172 valence electrons. The molecule has 0 aliphatic heterocycles. The molecule has 0 radical (unpaired) electrons. The minimum atomic E-state index is -0.770. The molecule has 0 unspecified atom stereocenters. The molecule has 2 aromatic rings. The highest BCUT2D eigenvalue weighted by Gasteiger charge is 2.22. The normalized spacial score (nSPS) is 11.3. The first-order valence-electron chi connectivity index (χ1n) is 10.3. The first kappa shape index (κ1) is 27.0. The second-order valence-electron chi connectivity index (χ2n) is 7.45. The smallest absolute Gasteiger partial charge is 0.328 e.